The molecule has 0 atom stereocenters. The smallest absolute Gasteiger partial charge is 0.226 e. The van der Waals surface area contributed by atoms with Gasteiger partial charge in [-0.15, -0.1) is 0 Å². The van der Waals surface area contributed by atoms with Crippen molar-refractivity contribution in [1.82, 2.24) is 5.32 Å². The van der Waals surface area contributed by atoms with E-state index in [0.717, 1.165) is 56.0 Å². The minimum atomic E-state index is 0.892. The first kappa shape index (κ1) is 11.4. The van der Waals surface area contributed by atoms with Crippen LogP contribution in [0.2, 0.25) is 5.02 Å². The van der Waals surface area contributed by atoms with Crippen molar-refractivity contribution in [1.29, 1.82) is 0 Å². The molecule has 0 bridgehead atoms. The molecule has 2 nitrogen and oxygen atoms in total. The summed E-state index contributed by atoms with van der Waals surface area (Å²) in [6, 6.07) is 2.32. The number of benzene rings is 1. The Bertz CT molecular complexity index is 448. The second-order valence-corrected chi connectivity index (χ2v) is 5.26. The normalized spacial score (nSPS) is 19.5. The number of nitrogens with one attached hydrogen (secondary N) is 1. The Morgan fingerprint density at radius 1 is 1.18 bits per heavy atom. The Morgan fingerprint density at radius 2 is 2.00 bits per heavy atom. The molecule has 2 radical (unpaired) electrons. The summed E-state index contributed by atoms with van der Waals surface area (Å²) in [4.78, 5) is 1.82. The third-order valence-electron chi connectivity index (χ3n) is 3.77. The van der Waals surface area contributed by atoms with Crippen molar-refractivity contribution >= 4 is 25.3 Å². The molecular weight excluding hydrogens is 230 g/mol. The molecule has 0 unspecified atom stereocenters. The maximum atomic E-state index is 6.56. The number of aryl methyl sites for hydroxylation is 1. The summed E-state index contributed by atoms with van der Waals surface area (Å²) in [5.74, 6) is 0. The van der Waals surface area contributed by atoms with Gasteiger partial charge in [0.15, 0.2) is 0 Å². The topological polar surface area (TPSA) is 15.3 Å². The maximum absolute atomic E-state index is 6.56. The number of nitrogens with zero attached hydrogens (tertiary/aromatic N) is 1. The molecule has 0 amide bonds. The van der Waals surface area contributed by atoms with E-state index in [1.807, 2.05) is 4.81 Å². The minimum absolute atomic E-state index is 0.892. The van der Waals surface area contributed by atoms with Crippen molar-refractivity contribution in [3.63, 3.8) is 0 Å². The van der Waals surface area contributed by atoms with Crippen LogP contribution in [-0.4, -0.2) is 27.6 Å². The van der Waals surface area contributed by atoms with E-state index < -0.39 is 0 Å². The highest BCUT2D eigenvalue weighted by Crippen LogP contribution is 2.38. The standard InChI is InChI=1S/C13H16BClN2/c14-17-7-1-2-10-8-9-3-5-16-6-4-11(9)12(15)13(10)17/h8,16H,1-7H2. The highest BCUT2D eigenvalue weighted by Gasteiger charge is 2.22. The molecule has 17 heavy (non-hydrogen) atoms. The molecular formula is C13H16BClN2. The first-order chi connectivity index (χ1) is 8.27. The average molecular weight is 247 g/mol. The Morgan fingerprint density at radius 3 is 2.88 bits per heavy atom. The lowest BCUT2D eigenvalue weighted by Gasteiger charge is -2.31. The summed E-state index contributed by atoms with van der Waals surface area (Å²) in [6.07, 6.45) is 4.31. The summed E-state index contributed by atoms with van der Waals surface area (Å²) in [5.41, 5.74) is 5.10. The first-order valence-corrected chi connectivity index (χ1v) is 6.71. The second-order valence-electron chi connectivity index (χ2n) is 4.88. The molecule has 0 aromatic heterocycles. The molecule has 0 aliphatic carbocycles. The predicted molar refractivity (Wildman–Crippen MR) is 73.2 cm³/mol. The molecule has 88 valence electrons. The zero-order valence-corrected chi connectivity index (χ0v) is 10.7. The number of hydrogen-bond donors (Lipinski definition) is 1. The van der Waals surface area contributed by atoms with Crippen LogP contribution >= 0.6 is 11.6 Å². The van der Waals surface area contributed by atoms with Crippen LogP contribution in [0.3, 0.4) is 0 Å². The molecule has 1 aromatic rings. The van der Waals surface area contributed by atoms with Gasteiger partial charge < -0.3 is 10.1 Å². The fraction of sp³-hybridized carbons (Fsp3) is 0.538. The quantitative estimate of drug-likeness (QED) is 0.703. The SMILES string of the molecule is [B]N1CCCc2cc3c(c(Cl)c21)CCNCC3. The van der Waals surface area contributed by atoms with Gasteiger partial charge in [-0.25, -0.2) is 0 Å². The third-order valence-corrected chi connectivity index (χ3v) is 4.18. The molecule has 4 heteroatoms. The highest BCUT2D eigenvalue weighted by molar-refractivity contribution is 6.36. The third kappa shape index (κ3) is 1.96. The van der Waals surface area contributed by atoms with Gasteiger partial charge in [0.2, 0.25) is 7.98 Å². The Labute approximate surface area is 109 Å². The lowest BCUT2D eigenvalue weighted by atomic mass is 9.92. The fourth-order valence-electron chi connectivity index (χ4n) is 2.90. The number of anilines is 1. The van der Waals surface area contributed by atoms with E-state index in [0.29, 0.717) is 0 Å². The molecule has 3 rings (SSSR count). The molecule has 1 aromatic carbocycles. The maximum Gasteiger partial charge on any atom is 0.226 e. The summed E-state index contributed by atoms with van der Waals surface area (Å²) < 4.78 is 0. The van der Waals surface area contributed by atoms with Gasteiger partial charge in [0, 0.05) is 12.2 Å². The zero-order valence-electron chi connectivity index (χ0n) is 9.93. The van der Waals surface area contributed by atoms with Gasteiger partial charge in [0.05, 0.1) is 5.02 Å². The number of hydrogen-bond acceptors (Lipinski definition) is 2. The zero-order chi connectivity index (χ0) is 11.8. The van der Waals surface area contributed by atoms with Crippen LogP contribution in [0.25, 0.3) is 0 Å². The summed E-state index contributed by atoms with van der Waals surface area (Å²) in [5, 5.41) is 4.31. The van der Waals surface area contributed by atoms with E-state index >= 15 is 0 Å². The Kier molecular flexibility index (Phi) is 3.05. The van der Waals surface area contributed by atoms with Gasteiger partial charge >= 0.3 is 0 Å². The lowest BCUT2D eigenvalue weighted by molar-refractivity contribution is 0.711. The summed E-state index contributed by atoms with van der Waals surface area (Å²) >= 11 is 6.56. The van der Waals surface area contributed by atoms with Crippen LogP contribution in [0.1, 0.15) is 23.1 Å². The molecule has 2 heterocycles. The summed E-state index contributed by atoms with van der Waals surface area (Å²) in [7, 11) is 6.05. The molecule has 0 spiro atoms. The summed E-state index contributed by atoms with van der Waals surface area (Å²) in [6.45, 7) is 2.97. The highest BCUT2D eigenvalue weighted by atomic mass is 35.5. The minimum Gasteiger partial charge on any atom is -0.423 e. The van der Waals surface area contributed by atoms with E-state index in [1.54, 1.807) is 0 Å². The van der Waals surface area contributed by atoms with E-state index in [2.05, 4.69) is 11.4 Å². The Hall–Kier alpha value is -0.665. The van der Waals surface area contributed by atoms with E-state index in [4.69, 9.17) is 19.6 Å². The largest absolute Gasteiger partial charge is 0.423 e. The van der Waals surface area contributed by atoms with Crippen molar-refractivity contribution in [2.75, 3.05) is 24.4 Å². The molecule has 2 aliphatic rings. The van der Waals surface area contributed by atoms with Crippen LogP contribution in [0.4, 0.5) is 5.69 Å². The molecule has 0 saturated heterocycles. The first-order valence-electron chi connectivity index (χ1n) is 6.33. The van der Waals surface area contributed by atoms with Crippen LogP contribution in [0.15, 0.2) is 6.07 Å². The van der Waals surface area contributed by atoms with Crippen molar-refractivity contribution in [2.24, 2.45) is 0 Å². The van der Waals surface area contributed by atoms with Crippen molar-refractivity contribution < 1.29 is 0 Å². The molecule has 0 fully saturated rings. The molecule has 2 aliphatic heterocycles. The van der Waals surface area contributed by atoms with Gasteiger partial charge in [0.1, 0.15) is 0 Å². The number of halogens is 1. The van der Waals surface area contributed by atoms with Crippen LogP contribution in [0.5, 0.6) is 0 Å². The van der Waals surface area contributed by atoms with Crippen LogP contribution in [-0.2, 0) is 19.3 Å². The van der Waals surface area contributed by atoms with Crippen molar-refractivity contribution in [3.05, 3.63) is 27.8 Å². The number of fused-ring (bicyclic) bond motifs is 2. The van der Waals surface area contributed by atoms with Crippen LogP contribution < -0.4 is 10.1 Å². The average Bonchev–Trinajstić information content (AvgIpc) is 2.54. The van der Waals surface area contributed by atoms with Crippen molar-refractivity contribution in [2.45, 2.75) is 25.7 Å². The van der Waals surface area contributed by atoms with E-state index in [9.17, 15) is 0 Å². The monoisotopic (exact) mass is 246 g/mol. The molecule has 1 N–H and O–H groups in total. The van der Waals surface area contributed by atoms with Crippen molar-refractivity contribution in [3.8, 4) is 0 Å². The van der Waals surface area contributed by atoms with Gasteiger partial charge in [-0.2, -0.15) is 0 Å². The molecule has 0 saturated carbocycles. The number of rotatable bonds is 0. The van der Waals surface area contributed by atoms with E-state index in [1.165, 1.54) is 16.7 Å². The Balaban J connectivity index is 2.14. The van der Waals surface area contributed by atoms with E-state index in [-0.39, 0.29) is 0 Å². The van der Waals surface area contributed by atoms with Gasteiger partial charge in [-0.1, -0.05) is 17.7 Å². The predicted octanol–water partition coefficient (Wildman–Crippen LogP) is 1.86. The second kappa shape index (κ2) is 4.54. The van der Waals surface area contributed by atoms with Gasteiger partial charge in [0.25, 0.3) is 0 Å². The van der Waals surface area contributed by atoms with Crippen LogP contribution in [0, 0.1) is 0 Å². The van der Waals surface area contributed by atoms with Gasteiger partial charge in [-0.3, -0.25) is 0 Å². The lowest BCUT2D eigenvalue weighted by Crippen LogP contribution is -2.27. The van der Waals surface area contributed by atoms with Gasteiger partial charge in [-0.05, 0) is 55.5 Å². The fourth-order valence-corrected chi connectivity index (χ4v) is 3.34.